The van der Waals surface area contributed by atoms with Crippen LogP contribution in [-0.4, -0.2) is 132 Å². The predicted octanol–water partition coefficient (Wildman–Crippen LogP) is 3.52. The number of aliphatic carboxylic acids is 1. The smallest absolute Gasteiger partial charge is 0.303 e. The lowest BCUT2D eigenvalue weighted by Gasteiger charge is -2.31. The van der Waals surface area contributed by atoms with Crippen LogP contribution in [0.3, 0.4) is 0 Å². The molecule has 306 valence electrons. The molecule has 0 saturated carbocycles. The van der Waals surface area contributed by atoms with E-state index in [2.05, 4.69) is 0 Å². The third-order valence-corrected chi connectivity index (χ3v) is 10.4. The Morgan fingerprint density at radius 3 is 1.15 bits per heavy atom. The molecule has 17 nitrogen and oxygen atoms in total. The van der Waals surface area contributed by atoms with Gasteiger partial charge in [-0.05, 0) is 6.42 Å². The normalized spacial score (nSPS) is 12.1. The largest absolute Gasteiger partial charge is 0.748 e. The monoisotopic (exact) mass is 812 g/mol. The molecule has 0 fully saturated rings. The van der Waals surface area contributed by atoms with Crippen molar-refractivity contribution in [1.82, 2.24) is 0 Å². The van der Waals surface area contributed by atoms with Crippen molar-refractivity contribution in [3.63, 3.8) is 0 Å². The second-order valence-electron chi connectivity index (χ2n) is 12.5. The molecule has 3 aromatic rings. The van der Waals surface area contributed by atoms with E-state index >= 15 is 0 Å². The molecule has 0 aliphatic carbocycles. The average Bonchev–Trinajstić information content (AvgIpc) is 3.14. The number of carbonyl (C=O) groups is 1. The topological polar surface area (TPSA) is 214 Å². The molecular weight excluding hydrogens is 763 g/mol. The summed E-state index contributed by atoms with van der Waals surface area (Å²) in [4.78, 5) is 16.3. The molecule has 0 amide bonds. The van der Waals surface area contributed by atoms with Gasteiger partial charge < -0.3 is 52.8 Å². The molecule has 55 heavy (non-hydrogen) atoms. The van der Waals surface area contributed by atoms with Gasteiger partial charge in [-0.1, -0.05) is 0 Å². The first-order valence-electron chi connectivity index (χ1n) is 16.8. The van der Waals surface area contributed by atoms with Gasteiger partial charge in [-0.2, -0.15) is 8.42 Å². The van der Waals surface area contributed by atoms with E-state index in [0.717, 1.165) is 0 Å². The van der Waals surface area contributed by atoms with E-state index in [4.69, 9.17) is 28.4 Å². The van der Waals surface area contributed by atoms with Gasteiger partial charge in [0.2, 0.25) is 0 Å². The maximum Gasteiger partial charge on any atom is 0.303 e. The Kier molecular flexibility index (Phi) is 15.5. The van der Waals surface area contributed by atoms with Crippen LogP contribution in [0.1, 0.15) is 35.4 Å². The Bertz CT molecular complexity index is 1850. The Morgan fingerprint density at radius 1 is 0.600 bits per heavy atom. The summed E-state index contributed by atoms with van der Waals surface area (Å²) in [5.41, 5.74) is 3.02. The van der Waals surface area contributed by atoms with E-state index in [9.17, 15) is 35.8 Å². The summed E-state index contributed by atoms with van der Waals surface area (Å²) in [5.74, 6) is -1.13. The van der Waals surface area contributed by atoms with Gasteiger partial charge >= 0.3 is 5.97 Å². The molecule has 3 aromatic carbocycles. The molecule has 0 heterocycles. The highest BCUT2D eigenvalue weighted by atomic mass is 32.2. The number of carboxylic acid groups (broad SMARTS) is 1. The minimum atomic E-state index is -4.51. The molecule has 0 bridgehead atoms. The Hall–Kier alpha value is -4.85. The van der Waals surface area contributed by atoms with E-state index in [1.165, 1.54) is 42.7 Å². The van der Waals surface area contributed by atoms with Gasteiger partial charge in [0.05, 0.1) is 70.2 Å². The number of ether oxygens (including phenoxy) is 6. The summed E-state index contributed by atoms with van der Waals surface area (Å²) in [6.45, 7) is 0.249. The van der Waals surface area contributed by atoms with Crippen molar-refractivity contribution in [1.29, 1.82) is 0 Å². The van der Waals surface area contributed by atoms with Crippen LogP contribution in [0.15, 0.2) is 36.4 Å². The lowest BCUT2D eigenvalue weighted by molar-refractivity contribution is -0.137. The number of benzene rings is 3. The standard InChI is InChI=1S/C36H51N3O14S2/c1-37(12-10-11-32(40)41)23-17-26(48-4)33(27(18-23)49-5)36(34-28(50-6)19-24(20-29(34)51-7)38(2)13-15-54(42,43)44)35-30(52-8)21-25(22-31(35)53-9)39(3)14-16-55(45,46)47/h17-22,36H,10-16H2,1-9H3,(H,40,41)(H,42,43,44)(H,45,46,47)/p-1. The second kappa shape index (κ2) is 19.1. The molecule has 0 aliphatic rings. The molecular formula is C36H50N3O14S2-. The number of hydrogen-bond acceptors (Lipinski definition) is 15. The van der Waals surface area contributed by atoms with Gasteiger partial charge in [-0.25, -0.2) is 8.42 Å². The minimum absolute atomic E-state index is 0.0170. The molecule has 0 aliphatic heterocycles. The van der Waals surface area contributed by atoms with Crippen molar-refractivity contribution >= 4 is 43.3 Å². The van der Waals surface area contributed by atoms with Crippen molar-refractivity contribution < 1.29 is 64.3 Å². The van der Waals surface area contributed by atoms with Crippen LogP contribution in [0.2, 0.25) is 0 Å². The molecule has 1 atom stereocenters. The fraction of sp³-hybridized carbons (Fsp3) is 0.472. The molecule has 0 saturated heterocycles. The third kappa shape index (κ3) is 11.6. The minimum Gasteiger partial charge on any atom is -0.748 e. The average molecular weight is 813 g/mol. The summed E-state index contributed by atoms with van der Waals surface area (Å²) in [6, 6.07) is 10.3. The van der Waals surface area contributed by atoms with Crippen molar-refractivity contribution in [2.75, 3.05) is 110 Å². The van der Waals surface area contributed by atoms with Crippen molar-refractivity contribution in [3.05, 3.63) is 53.1 Å². The van der Waals surface area contributed by atoms with Crippen LogP contribution in [0, 0.1) is 0 Å². The molecule has 0 radical (unpaired) electrons. The van der Waals surface area contributed by atoms with Gasteiger partial charge in [0, 0.05) is 117 Å². The maximum absolute atomic E-state index is 11.6. The number of anilines is 3. The zero-order valence-corrected chi connectivity index (χ0v) is 34.1. The van der Waals surface area contributed by atoms with E-state index in [-0.39, 0.29) is 31.0 Å². The SMILES string of the molecule is COc1cc(N(C)CCCC(=O)O)cc(OC)c1C(c1c(OC)cc(N(C)CCS(=O)(=O)[O-])cc1OC)c1c(OC)cc(N(C)CCS(=O)(=O)O)cc1OC. The zero-order valence-electron chi connectivity index (χ0n) is 32.4. The summed E-state index contributed by atoms with van der Waals surface area (Å²) < 4.78 is 103. The first-order chi connectivity index (χ1) is 25.8. The van der Waals surface area contributed by atoms with Crippen LogP contribution < -0.4 is 43.1 Å². The van der Waals surface area contributed by atoms with Gasteiger partial charge in [0.25, 0.3) is 10.1 Å². The lowest BCUT2D eigenvalue weighted by Crippen LogP contribution is -2.25. The van der Waals surface area contributed by atoms with Crippen molar-refractivity contribution in [2.45, 2.75) is 18.8 Å². The molecule has 0 spiro atoms. The van der Waals surface area contributed by atoms with Gasteiger partial charge in [-0.3, -0.25) is 9.35 Å². The number of hydrogen-bond donors (Lipinski definition) is 2. The number of methoxy groups -OCH3 is 6. The lowest BCUT2D eigenvalue weighted by atomic mass is 9.81. The Morgan fingerprint density at radius 2 is 0.891 bits per heavy atom. The Labute approximate surface area is 322 Å². The predicted molar refractivity (Wildman–Crippen MR) is 207 cm³/mol. The van der Waals surface area contributed by atoms with Crippen LogP contribution in [0.25, 0.3) is 0 Å². The van der Waals surface area contributed by atoms with Crippen LogP contribution in [0.5, 0.6) is 34.5 Å². The van der Waals surface area contributed by atoms with E-state index in [0.29, 0.717) is 69.7 Å². The fourth-order valence-electron chi connectivity index (χ4n) is 6.08. The fourth-order valence-corrected chi connectivity index (χ4v) is 7.08. The third-order valence-electron chi connectivity index (χ3n) is 9.02. The maximum atomic E-state index is 11.6. The van der Waals surface area contributed by atoms with Crippen LogP contribution in [0.4, 0.5) is 17.1 Å². The second-order valence-corrected chi connectivity index (χ2v) is 15.6. The Balaban J connectivity index is 2.48. The summed E-state index contributed by atoms with van der Waals surface area (Å²) in [7, 11) is 5.11. The molecule has 1 unspecified atom stereocenters. The van der Waals surface area contributed by atoms with Gasteiger partial charge in [0.15, 0.2) is 0 Å². The number of carboxylic acids is 1. The first kappa shape index (κ1) is 44.5. The summed E-state index contributed by atoms with van der Waals surface area (Å²) in [6.07, 6.45) is 0.368. The summed E-state index contributed by atoms with van der Waals surface area (Å²) >= 11 is 0. The van der Waals surface area contributed by atoms with Gasteiger partial charge in [0.1, 0.15) is 34.5 Å². The number of rotatable bonds is 22. The van der Waals surface area contributed by atoms with E-state index in [1.54, 1.807) is 60.3 Å². The van der Waals surface area contributed by atoms with Crippen LogP contribution >= 0.6 is 0 Å². The summed E-state index contributed by atoms with van der Waals surface area (Å²) in [5, 5.41) is 9.18. The quantitative estimate of drug-likeness (QED) is 0.110. The molecule has 19 heteroatoms. The highest BCUT2D eigenvalue weighted by Crippen LogP contribution is 2.55. The van der Waals surface area contributed by atoms with Gasteiger partial charge in [-0.15, -0.1) is 0 Å². The molecule has 0 aromatic heterocycles. The van der Waals surface area contributed by atoms with Crippen molar-refractivity contribution in [3.8, 4) is 34.5 Å². The zero-order chi connectivity index (χ0) is 41.2. The number of nitrogens with zero attached hydrogens (tertiary/aromatic N) is 3. The molecule has 3 rings (SSSR count). The highest BCUT2D eigenvalue weighted by Gasteiger charge is 2.36. The highest BCUT2D eigenvalue weighted by molar-refractivity contribution is 7.86. The first-order valence-corrected chi connectivity index (χ1v) is 20.0. The van der Waals surface area contributed by atoms with E-state index < -0.39 is 43.6 Å². The van der Waals surface area contributed by atoms with Crippen LogP contribution in [-0.2, 0) is 25.0 Å². The van der Waals surface area contributed by atoms with E-state index in [1.807, 2.05) is 11.9 Å². The molecule has 2 N–H and O–H groups in total. The van der Waals surface area contributed by atoms with Crippen molar-refractivity contribution in [2.24, 2.45) is 0 Å².